The molecule has 0 amide bonds. The zero-order valence-corrected chi connectivity index (χ0v) is 14.0. The van der Waals surface area contributed by atoms with Gasteiger partial charge in [-0.2, -0.15) is 4.98 Å². The van der Waals surface area contributed by atoms with Gasteiger partial charge in [-0.3, -0.25) is 0 Å². The Balaban J connectivity index is 2.16. The maximum absolute atomic E-state index is 4.45. The van der Waals surface area contributed by atoms with Crippen molar-refractivity contribution < 1.29 is 0 Å². The maximum Gasteiger partial charge on any atom is 0.224 e. The Morgan fingerprint density at radius 3 is 2.50 bits per heavy atom. The van der Waals surface area contributed by atoms with Crippen molar-refractivity contribution in [2.75, 3.05) is 38.3 Å². The van der Waals surface area contributed by atoms with Gasteiger partial charge in [-0.15, -0.1) is 0 Å². The van der Waals surface area contributed by atoms with Gasteiger partial charge in [-0.1, -0.05) is 24.3 Å². The van der Waals surface area contributed by atoms with Crippen molar-refractivity contribution >= 4 is 11.8 Å². The van der Waals surface area contributed by atoms with E-state index in [1.54, 1.807) is 0 Å². The highest BCUT2D eigenvalue weighted by molar-refractivity contribution is 5.42. The summed E-state index contributed by atoms with van der Waals surface area (Å²) in [5.74, 6) is 1.48. The summed E-state index contributed by atoms with van der Waals surface area (Å²) in [6.45, 7) is 4.91. The number of nitrogens with zero attached hydrogens (tertiary/aromatic N) is 3. The molecular formula is C17H25N5. The predicted molar refractivity (Wildman–Crippen MR) is 92.4 cm³/mol. The second kappa shape index (κ2) is 7.22. The molecule has 0 saturated carbocycles. The van der Waals surface area contributed by atoms with Crippen LogP contribution >= 0.6 is 0 Å². The van der Waals surface area contributed by atoms with E-state index < -0.39 is 0 Å². The SMILES string of the molecule is CNc1nc(C)cc(NC[C@@H](c2ccccc2C)N(C)C)n1. The lowest BCUT2D eigenvalue weighted by Gasteiger charge is -2.26. The van der Waals surface area contributed by atoms with Gasteiger partial charge in [0.2, 0.25) is 5.95 Å². The highest BCUT2D eigenvalue weighted by Crippen LogP contribution is 2.22. The van der Waals surface area contributed by atoms with Crippen LogP contribution < -0.4 is 10.6 Å². The van der Waals surface area contributed by atoms with Crippen molar-refractivity contribution in [3.05, 3.63) is 47.2 Å². The zero-order valence-electron chi connectivity index (χ0n) is 14.0. The lowest BCUT2D eigenvalue weighted by Crippen LogP contribution is -2.27. The molecule has 1 aromatic carbocycles. The summed E-state index contributed by atoms with van der Waals surface area (Å²) in [6, 6.07) is 10.8. The summed E-state index contributed by atoms with van der Waals surface area (Å²) in [5, 5.41) is 6.42. The molecule has 0 spiro atoms. The number of aryl methyl sites for hydroxylation is 2. The molecule has 0 saturated heterocycles. The minimum atomic E-state index is 0.287. The number of nitrogens with one attached hydrogen (secondary N) is 2. The lowest BCUT2D eigenvalue weighted by molar-refractivity contribution is 0.310. The van der Waals surface area contributed by atoms with Gasteiger partial charge in [0.05, 0.1) is 6.04 Å². The van der Waals surface area contributed by atoms with Gasteiger partial charge in [0.25, 0.3) is 0 Å². The van der Waals surface area contributed by atoms with Crippen molar-refractivity contribution in [2.24, 2.45) is 0 Å². The molecule has 1 atom stereocenters. The summed E-state index contributed by atoms with van der Waals surface area (Å²) < 4.78 is 0. The van der Waals surface area contributed by atoms with E-state index in [2.05, 4.69) is 70.8 Å². The van der Waals surface area contributed by atoms with Gasteiger partial charge in [-0.25, -0.2) is 4.98 Å². The normalized spacial score (nSPS) is 12.3. The molecule has 0 unspecified atom stereocenters. The predicted octanol–water partition coefficient (Wildman–Crippen LogP) is 2.85. The fourth-order valence-corrected chi connectivity index (χ4v) is 2.50. The molecule has 5 nitrogen and oxygen atoms in total. The Kier molecular flexibility index (Phi) is 5.33. The number of likely N-dealkylation sites (N-methyl/N-ethyl adjacent to an activating group) is 1. The molecule has 0 fully saturated rings. The van der Waals surface area contributed by atoms with Crippen LogP contribution in [-0.4, -0.2) is 42.6 Å². The minimum Gasteiger partial charge on any atom is -0.368 e. The molecule has 1 aromatic heterocycles. The van der Waals surface area contributed by atoms with E-state index in [9.17, 15) is 0 Å². The number of rotatable bonds is 6. The highest BCUT2D eigenvalue weighted by atomic mass is 15.2. The first-order chi connectivity index (χ1) is 10.5. The van der Waals surface area contributed by atoms with Crippen LogP contribution in [0.25, 0.3) is 0 Å². The van der Waals surface area contributed by atoms with Gasteiger partial charge in [0.1, 0.15) is 5.82 Å². The first-order valence-corrected chi connectivity index (χ1v) is 7.50. The Morgan fingerprint density at radius 2 is 1.86 bits per heavy atom. The van der Waals surface area contributed by atoms with E-state index in [4.69, 9.17) is 0 Å². The Morgan fingerprint density at radius 1 is 1.14 bits per heavy atom. The topological polar surface area (TPSA) is 53.1 Å². The summed E-state index contributed by atoms with van der Waals surface area (Å²) >= 11 is 0. The van der Waals surface area contributed by atoms with Crippen LogP contribution in [0, 0.1) is 13.8 Å². The second-order valence-corrected chi connectivity index (χ2v) is 5.69. The molecule has 0 bridgehead atoms. The molecule has 0 radical (unpaired) electrons. The standard InChI is InChI=1S/C17H25N5/c1-12-8-6-7-9-14(12)15(22(4)5)11-19-16-10-13(2)20-17(18-3)21-16/h6-10,15H,11H2,1-5H3,(H2,18,19,20,21)/t15-/m0/s1. The third-order valence-corrected chi connectivity index (χ3v) is 3.73. The minimum absolute atomic E-state index is 0.287. The van der Waals surface area contributed by atoms with E-state index in [0.29, 0.717) is 5.95 Å². The molecule has 0 aliphatic heterocycles. The number of benzene rings is 1. The summed E-state index contributed by atoms with van der Waals surface area (Å²) in [5.41, 5.74) is 3.58. The van der Waals surface area contributed by atoms with Crippen LogP contribution in [-0.2, 0) is 0 Å². The Labute approximate surface area is 132 Å². The van der Waals surface area contributed by atoms with E-state index in [-0.39, 0.29) is 6.04 Å². The molecule has 2 N–H and O–H groups in total. The Hall–Kier alpha value is -2.14. The van der Waals surface area contributed by atoms with Crippen LogP contribution in [0.4, 0.5) is 11.8 Å². The molecule has 2 aromatic rings. The largest absolute Gasteiger partial charge is 0.368 e. The van der Waals surface area contributed by atoms with Crippen LogP contribution in [0.15, 0.2) is 30.3 Å². The van der Waals surface area contributed by atoms with E-state index >= 15 is 0 Å². The van der Waals surface area contributed by atoms with Gasteiger partial charge in [0.15, 0.2) is 0 Å². The average Bonchev–Trinajstić information content (AvgIpc) is 2.48. The van der Waals surface area contributed by atoms with Gasteiger partial charge >= 0.3 is 0 Å². The lowest BCUT2D eigenvalue weighted by atomic mass is 10.0. The molecule has 0 aliphatic rings. The zero-order chi connectivity index (χ0) is 16.1. The number of aromatic nitrogens is 2. The maximum atomic E-state index is 4.45. The third-order valence-electron chi connectivity index (χ3n) is 3.73. The van der Waals surface area contributed by atoms with Crippen molar-refractivity contribution in [1.29, 1.82) is 0 Å². The van der Waals surface area contributed by atoms with Crippen molar-refractivity contribution in [3.63, 3.8) is 0 Å². The van der Waals surface area contributed by atoms with Gasteiger partial charge in [0, 0.05) is 25.4 Å². The third kappa shape index (κ3) is 3.95. The number of hydrogen-bond acceptors (Lipinski definition) is 5. The van der Waals surface area contributed by atoms with Crippen molar-refractivity contribution in [3.8, 4) is 0 Å². The molecule has 0 aliphatic carbocycles. The average molecular weight is 299 g/mol. The van der Waals surface area contributed by atoms with Gasteiger partial charge < -0.3 is 15.5 Å². The van der Waals surface area contributed by atoms with Crippen LogP contribution in [0.5, 0.6) is 0 Å². The van der Waals surface area contributed by atoms with Crippen molar-refractivity contribution in [1.82, 2.24) is 14.9 Å². The molecule has 118 valence electrons. The highest BCUT2D eigenvalue weighted by Gasteiger charge is 2.16. The molecular weight excluding hydrogens is 274 g/mol. The smallest absolute Gasteiger partial charge is 0.224 e. The number of hydrogen-bond donors (Lipinski definition) is 2. The molecule has 22 heavy (non-hydrogen) atoms. The quantitative estimate of drug-likeness (QED) is 0.859. The van der Waals surface area contributed by atoms with Crippen LogP contribution in [0.3, 0.4) is 0 Å². The van der Waals surface area contributed by atoms with Crippen LogP contribution in [0.1, 0.15) is 22.9 Å². The summed E-state index contributed by atoms with van der Waals surface area (Å²) in [4.78, 5) is 11.0. The van der Waals surface area contributed by atoms with E-state index in [1.807, 2.05) is 20.0 Å². The van der Waals surface area contributed by atoms with Crippen molar-refractivity contribution in [2.45, 2.75) is 19.9 Å². The van der Waals surface area contributed by atoms with Crippen LogP contribution in [0.2, 0.25) is 0 Å². The van der Waals surface area contributed by atoms with E-state index in [1.165, 1.54) is 11.1 Å². The fourth-order valence-electron chi connectivity index (χ4n) is 2.50. The number of anilines is 2. The summed E-state index contributed by atoms with van der Waals surface area (Å²) in [7, 11) is 6.03. The monoisotopic (exact) mass is 299 g/mol. The molecule has 1 heterocycles. The molecule has 5 heteroatoms. The first-order valence-electron chi connectivity index (χ1n) is 7.50. The van der Waals surface area contributed by atoms with Gasteiger partial charge in [-0.05, 0) is 39.1 Å². The second-order valence-electron chi connectivity index (χ2n) is 5.69. The summed E-state index contributed by atoms with van der Waals surface area (Å²) in [6.07, 6.45) is 0. The molecule has 2 rings (SSSR count). The van der Waals surface area contributed by atoms with E-state index in [0.717, 1.165) is 18.1 Å². The fraction of sp³-hybridized carbons (Fsp3) is 0.412. The first kappa shape index (κ1) is 16.2. The Bertz CT molecular complexity index is 624.